The van der Waals surface area contributed by atoms with Crippen molar-refractivity contribution in [3.8, 4) is 11.5 Å². The summed E-state index contributed by atoms with van der Waals surface area (Å²) in [5.74, 6) is 2.00. The number of anilines is 1. The maximum absolute atomic E-state index is 6.02. The van der Waals surface area contributed by atoms with Crippen molar-refractivity contribution in [3.05, 3.63) is 83.5 Å². The highest BCUT2D eigenvalue weighted by molar-refractivity contribution is 6.30. The van der Waals surface area contributed by atoms with Gasteiger partial charge in [-0.2, -0.15) is 0 Å². The average Bonchev–Trinajstić information content (AvgIpc) is 2.71. The van der Waals surface area contributed by atoms with Crippen molar-refractivity contribution >= 4 is 40.1 Å². The third kappa shape index (κ3) is 4.62. The van der Waals surface area contributed by atoms with E-state index in [4.69, 9.17) is 22.1 Å². The average molecular weight is 404 g/mol. The summed E-state index contributed by atoms with van der Waals surface area (Å²) in [4.78, 5) is 13.3. The predicted molar refractivity (Wildman–Crippen MR) is 117 cm³/mol. The number of hydrogen-bond donors (Lipinski definition) is 2. The summed E-state index contributed by atoms with van der Waals surface area (Å²) >= 11 is 5.88. The van der Waals surface area contributed by atoms with Gasteiger partial charge in [0, 0.05) is 10.4 Å². The van der Waals surface area contributed by atoms with E-state index < -0.39 is 0 Å². The number of aliphatic imine (C=N–C) groups is 1. The van der Waals surface area contributed by atoms with Crippen LogP contribution in [0.25, 0.3) is 10.9 Å². The Morgan fingerprint density at radius 1 is 0.931 bits per heavy atom. The number of guanidine groups is 1. The van der Waals surface area contributed by atoms with Gasteiger partial charge < -0.3 is 10.5 Å². The fraction of sp³-hybridized carbons (Fsp3) is 0.0455. The molecule has 0 saturated carbocycles. The minimum Gasteiger partial charge on any atom is -0.457 e. The number of aryl methyl sites for hydroxylation is 1. The molecule has 1 aromatic heterocycles. The number of benzene rings is 3. The van der Waals surface area contributed by atoms with E-state index in [2.05, 4.69) is 20.3 Å². The van der Waals surface area contributed by atoms with Gasteiger partial charge in [-0.05, 0) is 61.5 Å². The quantitative estimate of drug-likeness (QED) is 0.350. The van der Waals surface area contributed by atoms with Crippen LogP contribution in [0.4, 0.5) is 11.6 Å². The Hall–Kier alpha value is -3.64. The molecule has 0 unspecified atom stereocenters. The molecule has 3 aromatic carbocycles. The van der Waals surface area contributed by atoms with E-state index in [1.807, 2.05) is 67.6 Å². The van der Waals surface area contributed by atoms with E-state index in [9.17, 15) is 0 Å². The first-order valence-electron chi connectivity index (χ1n) is 8.95. The Kier molecular flexibility index (Phi) is 5.27. The Morgan fingerprint density at radius 2 is 1.59 bits per heavy atom. The van der Waals surface area contributed by atoms with E-state index in [1.165, 1.54) is 0 Å². The van der Waals surface area contributed by atoms with Gasteiger partial charge in [0.15, 0.2) is 0 Å². The summed E-state index contributed by atoms with van der Waals surface area (Å²) < 4.78 is 5.77. The highest BCUT2D eigenvalue weighted by Crippen LogP contribution is 2.25. The van der Waals surface area contributed by atoms with Gasteiger partial charge in [0.25, 0.3) is 0 Å². The number of nitrogens with two attached hydrogens (primary N) is 1. The first kappa shape index (κ1) is 18.7. The van der Waals surface area contributed by atoms with Crippen molar-refractivity contribution in [3.63, 3.8) is 0 Å². The van der Waals surface area contributed by atoms with Gasteiger partial charge in [0.1, 0.15) is 11.5 Å². The highest BCUT2D eigenvalue weighted by Gasteiger charge is 2.05. The first-order valence-corrected chi connectivity index (χ1v) is 9.33. The highest BCUT2D eigenvalue weighted by atomic mass is 35.5. The Balaban J connectivity index is 1.47. The van der Waals surface area contributed by atoms with E-state index in [1.54, 1.807) is 12.1 Å². The molecule has 0 aliphatic rings. The first-order chi connectivity index (χ1) is 14.1. The van der Waals surface area contributed by atoms with E-state index in [0.29, 0.717) is 28.2 Å². The minimum atomic E-state index is 0.200. The number of rotatable bonds is 4. The Morgan fingerprint density at radius 3 is 2.31 bits per heavy atom. The van der Waals surface area contributed by atoms with Crippen molar-refractivity contribution in [1.29, 1.82) is 0 Å². The molecule has 0 aliphatic heterocycles. The van der Waals surface area contributed by atoms with Gasteiger partial charge >= 0.3 is 0 Å². The van der Waals surface area contributed by atoms with Crippen LogP contribution in [0.5, 0.6) is 11.5 Å². The maximum Gasteiger partial charge on any atom is 0.230 e. The van der Waals surface area contributed by atoms with E-state index in [0.717, 1.165) is 16.6 Å². The second kappa shape index (κ2) is 8.16. The van der Waals surface area contributed by atoms with Gasteiger partial charge in [0.2, 0.25) is 11.9 Å². The van der Waals surface area contributed by atoms with Crippen LogP contribution in [0, 0.1) is 6.92 Å². The zero-order valence-corrected chi connectivity index (χ0v) is 16.4. The van der Waals surface area contributed by atoms with Crippen molar-refractivity contribution < 1.29 is 4.74 Å². The molecule has 29 heavy (non-hydrogen) atoms. The summed E-state index contributed by atoms with van der Waals surface area (Å²) in [5, 5.41) is 4.61. The molecule has 0 atom stereocenters. The van der Waals surface area contributed by atoms with Crippen molar-refractivity contribution in [2.45, 2.75) is 6.92 Å². The fourth-order valence-electron chi connectivity index (χ4n) is 2.80. The number of hydrogen-bond acceptors (Lipinski definition) is 4. The van der Waals surface area contributed by atoms with Crippen LogP contribution in [0.15, 0.2) is 77.8 Å². The molecule has 0 radical (unpaired) electrons. The Labute approximate surface area is 173 Å². The zero-order chi connectivity index (χ0) is 20.2. The number of halogens is 1. The molecule has 144 valence electrons. The lowest BCUT2D eigenvalue weighted by atomic mass is 10.2. The summed E-state index contributed by atoms with van der Waals surface area (Å²) in [6.07, 6.45) is 0. The van der Waals surface area contributed by atoms with Gasteiger partial charge in [0.05, 0.1) is 16.9 Å². The maximum atomic E-state index is 6.02. The standard InChI is InChI=1S/C22H18ClN5O/c1-14-19-4-2-3-5-20(19)27-22(25-14)28-21(24)26-16-8-12-18(13-9-16)29-17-10-6-15(23)7-11-17/h2-13H,1H3,(H3,24,25,26,27,28). The number of para-hydroxylation sites is 1. The molecule has 0 spiro atoms. The van der Waals surface area contributed by atoms with Gasteiger partial charge in [-0.1, -0.05) is 29.8 Å². The smallest absolute Gasteiger partial charge is 0.230 e. The summed E-state index contributed by atoms with van der Waals surface area (Å²) in [6, 6.07) is 22.2. The molecule has 0 aliphatic carbocycles. The molecule has 0 amide bonds. The van der Waals surface area contributed by atoms with Crippen LogP contribution in [0.1, 0.15) is 5.69 Å². The van der Waals surface area contributed by atoms with Crippen molar-refractivity contribution in [2.75, 3.05) is 5.32 Å². The number of fused-ring (bicyclic) bond motifs is 1. The SMILES string of the molecule is Cc1nc(NC(N)=Nc2ccc(Oc3ccc(Cl)cc3)cc2)nc2ccccc12. The van der Waals surface area contributed by atoms with E-state index in [-0.39, 0.29) is 5.96 Å². The topological polar surface area (TPSA) is 85.4 Å². The lowest BCUT2D eigenvalue weighted by molar-refractivity contribution is 0.483. The monoisotopic (exact) mass is 403 g/mol. The van der Waals surface area contributed by atoms with Gasteiger partial charge in [-0.3, -0.25) is 5.32 Å². The fourth-order valence-corrected chi connectivity index (χ4v) is 2.93. The molecular formula is C22H18ClN5O. The van der Waals surface area contributed by atoms with Crippen LogP contribution >= 0.6 is 11.6 Å². The Bertz CT molecular complexity index is 1170. The second-order valence-electron chi connectivity index (χ2n) is 6.32. The van der Waals surface area contributed by atoms with Crippen LogP contribution in [0.3, 0.4) is 0 Å². The van der Waals surface area contributed by atoms with Gasteiger partial charge in [-0.15, -0.1) is 0 Å². The summed E-state index contributed by atoms with van der Waals surface area (Å²) in [5.41, 5.74) is 8.42. The van der Waals surface area contributed by atoms with Crippen LogP contribution in [-0.2, 0) is 0 Å². The number of aromatic nitrogens is 2. The molecular weight excluding hydrogens is 386 g/mol. The third-order valence-electron chi connectivity index (χ3n) is 4.17. The number of nitrogens with zero attached hydrogens (tertiary/aromatic N) is 3. The third-order valence-corrected chi connectivity index (χ3v) is 4.42. The van der Waals surface area contributed by atoms with Crippen molar-refractivity contribution in [1.82, 2.24) is 9.97 Å². The second-order valence-corrected chi connectivity index (χ2v) is 6.76. The summed E-state index contributed by atoms with van der Waals surface area (Å²) in [7, 11) is 0. The van der Waals surface area contributed by atoms with Crippen LogP contribution in [-0.4, -0.2) is 15.9 Å². The number of ether oxygens (including phenoxy) is 1. The van der Waals surface area contributed by atoms with Crippen molar-refractivity contribution in [2.24, 2.45) is 10.7 Å². The predicted octanol–water partition coefficient (Wildman–Crippen LogP) is 5.44. The molecule has 4 aromatic rings. The largest absolute Gasteiger partial charge is 0.457 e. The molecule has 7 heteroatoms. The number of nitrogens with one attached hydrogen (secondary N) is 1. The lowest BCUT2D eigenvalue weighted by Gasteiger charge is -2.08. The summed E-state index contributed by atoms with van der Waals surface area (Å²) in [6.45, 7) is 1.93. The van der Waals surface area contributed by atoms with Gasteiger partial charge in [-0.25, -0.2) is 15.0 Å². The molecule has 0 fully saturated rings. The molecule has 0 saturated heterocycles. The lowest BCUT2D eigenvalue weighted by Crippen LogP contribution is -2.23. The normalized spacial score (nSPS) is 11.4. The molecule has 1 heterocycles. The zero-order valence-electron chi connectivity index (χ0n) is 15.6. The van der Waals surface area contributed by atoms with Crippen LogP contribution in [0.2, 0.25) is 5.02 Å². The molecule has 6 nitrogen and oxygen atoms in total. The van der Waals surface area contributed by atoms with E-state index >= 15 is 0 Å². The van der Waals surface area contributed by atoms with Crippen LogP contribution < -0.4 is 15.8 Å². The molecule has 3 N–H and O–H groups in total. The molecule has 0 bridgehead atoms. The minimum absolute atomic E-state index is 0.200. The molecule has 4 rings (SSSR count).